The summed E-state index contributed by atoms with van der Waals surface area (Å²) in [6.45, 7) is 1.43. The van der Waals surface area contributed by atoms with E-state index < -0.39 is 29.3 Å². The molecule has 0 radical (unpaired) electrons. The van der Waals surface area contributed by atoms with Gasteiger partial charge in [-0.2, -0.15) is 4.39 Å². The number of hydrogen-bond donors (Lipinski definition) is 2. The summed E-state index contributed by atoms with van der Waals surface area (Å²) in [6, 6.07) is 8.94. The Kier molecular flexibility index (Phi) is 8.85. The van der Waals surface area contributed by atoms with Gasteiger partial charge in [0, 0.05) is 28.3 Å². The van der Waals surface area contributed by atoms with Crippen molar-refractivity contribution < 1.29 is 27.8 Å². The van der Waals surface area contributed by atoms with E-state index in [-0.39, 0.29) is 24.2 Å². The van der Waals surface area contributed by atoms with Gasteiger partial charge in [0.25, 0.3) is 0 Å². The topological polar surface area (TPSA) is 58.6 Å². The molecule has 152 valence electrons. The lowest BCUT2D eigenvalue weighted by molar-refractivity contribution is 0.169. The van der Waals surface area contributed by atoms with Crippen LogP contribution < -0.4 is 5.32 Å². The largest absolute Gasteiger partial charge is 0.504 e. The maximum atomic E-state index is 14.0. The van der Waals surface area contributed by atoms with Crippen LogP contribution in [0.25, 0.3) is 0 Å². The van der Waals surface area contributed by atoms with Crippen molar-refractivity contribution in [2.45, 2.75) is 19.8 Å². The Bertz CT molecular complexity index is 778. The maximum Gasteiger partial charge on any atom is 0.411 e. The van der Waals surface area contributed by atoms with E-state index in [1.165, 1.54) is 28.5 Å². The van der Waals surface area contributed by atoms with Crippen LogP contribution in [0, 0.1) is 24.4 Å². The van der Waals surface area contributed by atoms with Crippen LogP contribution in [0.4, 0.5) is 23.7 Å². The van der Waals surface area contributed by atoms with Crippen molar-refractivity contribution in [1.82, 2.24) is 0 Å². The van der Waals surface area contributed by atoms with E-state index >= 15 is 0 Å². The number of para-hydroxylation sites is 1. The molecule has 0 aliphatic carbocycles. The average molecular weight is 432 g/mol. The predicted octanol–water partition coefficient (Wildman–Crippen LogP) is 5.68. The van der Waals surface area contributed by atoms with Gasteiger partial charge in [0.1, 0.15) is 12.4 Å². The third-order valence-corrected chi connectivity index (χ3v) is 6.23. The molecule has 2 rings (SSSR count). The molecule has 2 aromatic rings. The molecule has 0 aliphatic rings. The number of phenolic OH excluding ortho intramolecular Hbond substituents is 1. The molecular formula is C19H20F3NO3S2. The molecule has 28 heavy (non-hydrogen) atoms. The highest BCUT2D eigenvalue weighted by Crippen LogP contribution is 2.31. The Morgan fingerprint density at radius 2 is 1.75 bits per heavy atom. The van der Waals surface area contributed by atoms with Crippen LogP contribution in [0.5, 0.6) is 5.75 Å². The van der Waals surface area contributed by atoms with Gasteiger partial charge in [-0.15, -0.1) is 0 Å². The van der Waals surface area contributed by atoms with Crippen LogP contribution in [-0.4, -0.2) is 29.3 Å². The second-order valence-corrected chi connectivity index (χ2v) is 8.47. The fourth-order valence-corrected chi connectivity index (χ4v) is 4.23. The monoisotopic (exact) mass is 431 g/mol. The van der Waals surface area contributed by atoms with Gasteiger partial charge in [-0.25, -0.2) is 13.6 Å². The molecule has 1 amide bonds. The van der Waals surface area contributed by atoms with Crippen molar-refractivity contribution in [3.63, 3.8) is 0 Å². The summed E-state index contributed by atoms with van der Waals surface area (Å²) in [7, 11) is 2.93. The first-order valence-corrected chi connectivity index (χ1v) is 11.0. The zero-order chi connectivity index (χ0) is 20.5. The standard InChI is InChI=1S/C19H20F3NO3S2/c1-12-15(20)14(16(21)17(22)18(12)24)8-5-10-27-28-11-9-26-19(25)23-13-6-3-2-4-7-13/h2-4,6-7,24H,5,8-11H2,1H3,(H,23,25). The molecule has 0 atom stereocenters. The summed E-state index contributed by atoms with van der Waals surface area (Å²) in [5, 5.41) is 11.9. The molecule has 0 saturated heterocycles. The van der Waals surface area contributed by atoms with Crippen LogP contribution >= 0.6 is 21.6 Å². The Morgan fingerprint density at radius 3 is 2.46 bits per heavy atom. The van der Waals surface area contributed by atoms with Crippen molar-refractivity contribution in [1.29, 1.82) is 0 Å². The third kappa shape index (κ3) is 6.27. The third-order valence-electron chi connectivity index (χ3n) is 3.77. The molecule has 0 bridgehead atoms. The smallest absolute Gasteiger partial charge is 0.411 e. The van der Waals surface area contributed by atoms with Gasteiger partial charge in [-0.05, 0) is 31.9 Å². The first kappa shape index (κ1) is 22.3. The van der Waals surface area contributed by atoms with Crippen molar-refractivity contribution in [2.24, 2.45) is 0 Å². The molecular weight excluding hydrogens is 411 g/mol. The molecule has 0 saturated carbocycles. The minimum Gasteiger partial charge on any atom is -0.504 e. The van der Waals surface area contributed by atoms with E-state index in [4.69, 9.17) is 4.74 Å². The first-order valence-electron chi connectivity index (χ1n) is 8.50. The van der Waals surface area contributed by atoms with Crippen molar-refractivity contribution in [2.75, 3.05) is 23.4 Å². The number of amides is 1. The van der Waals surface area contributed by atoms with E-state index in [0.29, 0.717) is 23.6 Å². The van der Waals surface area contributed by atoms with Gasteiger partial charge in [0.2, 0.25) is 5.82 Å². The number of carbonyl (C=O) groups excluding carboxylic acids is 1. The second kappa shape index (κ2) is 11.1. The lowest BCUT2D eigenvalue weighted by atomic mass is 10.0. The summed E-state index contributed by atoms with van der Waals surface area (Å²) in [5.41, 5.74) is 0.0102. The van der Waals surface area contributed by atoms with E-state index in [9.17, 15) is 23.1 Å². The van der Waals surface area contributed by atoms with Gasteiger partial charge in [0.15, 0.2) is 11.6 Å². The lowest BCUT2D eigenvalue weighted by Gasteiger charge is -2.10. The van der Waals surface area contributed by atoms with E-state index in [0.717, 1.165) is 0 Å². The molecule has 0 aromatic heterocycles. The Hall–Kier alpha value is -2.00. The predicted molar refractivity (Wildman–Crippen MR) is 107 cm³/mol. The number of ether oxygens (including phenoxy) is 1. The number of halogens is 3. The maximum absolute atomic E-state index is 14.0. The number of benzene rings is 2. The fourth-order valence-electron chi connectivity index (χ4n) is 2.32. The van der Waals surface area contributed by atoms with Crippen molar-refractivity contribution >= 4 is 33.4 Å². The number of nitrogens with one attached hydrogen (secondary N) is 1. The Labute approximate surface area is 169 Å². The number of aromatic hydroxyl groups is 1. The van der Waals surface area contributed by atoms with Crippen LogP contribution in [0.15, 0.2) is 30.3 Å². The molecule has 0 heterocycles. The van der Waals surface area contributed by atoms with E-state index in [2.05, 4.69) is 5.32 Å². The van der Waals surface area contributed by atoms with Gasteiger partial charge in [-0.1, -0.05) is 39.8 Å². The fraction of sp³-hybridized carbons (Fsp3) is 0.316. The second-order valence-electron chi connectivity index (χ2n) is 5.77. The summed E-state index contributed by atoms with van der Waals surface area (Å²) in [5.74, 6) is -3.51. The lowest BCUT2D eigenvalue weighted by Crippen LogP contribution is -2.14. The molecule has 0 aliphatic heterocycles. The number of anilines is 1. The molecule has 0 unspecified atom stereocenters. The highest BCUT2D eigenvalue weighted by atomic mass is 33.1. The summed E-state index contributed by atoms with van der Waals surface area (Å²) in [4.78, 5) is 11.6. The van der Waals surface area contributed by atoms with Crippen LogP contribution in [-0.2, 0) is 11.2 Å². The first-order chi connectivity index (χ1) is 13.4. The average Bonchev–Trinajstić information content (AvgIpc) is 2.70. The van der Waals surface area contributed by atoms with Crippen LogP contribution in [0.3, 0.4) is 0 Å². The van der Waals surface area contributed by atoms with Gasteiger partial charge in [0.05, 0.1) is 0 Å². The highest BCUT2D eigenvalue weighted by Gasteiger charge is 2.21. The van der Waals surface area contributed by atoms with Crippen molar-refractivity contribution in [3.8, 4) is 5.75 Å². The van der Waals surface area contributed by atoms with Crippen LogP contribution in [0.2, 0.25) is 0 Å². The molecule has 2 N–H and O–H groups in total. The van der Waals surface area contributed by atoms with Crippen LogP contribution in [0.1, 0.15) is 17.5 Å². The SMILES string of the molecule is Cc1c(O)c(F)c(F)c(CCCSSCCOC(=O)Nc2ccccc2)c1F. The van der Waals surface area contributed by atoms with Crippen molar-refractivity contribution in [3.05, 3.63) is 58.9 Å². The highest BCUT2D eigenvalue weighted by molar-refractivity contribution is 8.76. The van der Waals surface area contributed by atoms with Gasteiger partial charge >= 0.3 is 6.09 Å². The molecule has 9 heteroatoms. The zero-order valence-electron chi connectivity index (χ0n) is 15.1. The van der Waals surface area contributed by atoms with Gasteiger partial charge in [-0.3, -0.25) is 5.32 Å². The number of hydrogen-bond acceptors (Lipinski definition) is 5. The molecule has 2 aromatic carbocycles. The summed E-state index contributed by atoms with van der Waals surface area (Å²) in [6.07, 6.45) is -0.0727. The number of phenols is 1. The summed E-state index contributed by atoms with van der Waals surface area (Å²) < 4.78 is 46.3. The Morgan fingerprint density at radius 1 is 1.07 bits per heavy atom. The Balaban J connectivity index is 1.61. The molecule has 0 spiro atoms. The molecule has 0 fully saturated rings. The minimum absolute atomic E-state index is 0.0270. The molecule has 4 nitrogen and oxygen atoms in total. The number of carbonyl (C=O) groups is 1. The summed E-state index contributed by atoms with van der Waals surface area (Å²) >= 11 is 0. The zero-order valence-corrected chi connectivity index (χ0v) is 16.8. The van der Waals surface area contributed by atoms with E-state index in [1.54, 1.807) is 24.3 Å². The van der Waals surface area contributed by atoms with E-state index in [1.807, 2.05) is 6.07 Å². The normalized spacial score (nSPS) is 10.7. The number of rotatable bonds is 9. The minimum atomic E-state index is -1.41. The van der Waals surface area contributed by atoms with Gasteiger partial charge < -0.3 is 9.84 Å². The quantitative estimate of drug-likeness (QED) is 0.304.